The lowest BCUT2D eigenvalue weighted by molar-refractivity contribution is -0.384. The van der Waals surface area contributed by atoms with Crippen LogP contribution in [0.1, 0.15) is 6.92 Å². The molecule has 1 unspecified atom stereocenters. The Morgan fingerprint density at radius 1 is 1.69 bits per heavy atom. The standard InChI is InChI=1S/C9H11N3O4/c1-6(9(10)11-13)16-8-4-2-3-7(5-8)12(14)15/h2-6,13H,1H3,(H2,10,11). The van der Waals surface area contributed by atoms with Crippen molar-refractivity contribution in [2.24, 2.45) is 10.9 Å². The summed E-state index contributed by atoms with van der Waals surface area (Å²) >= 11 is 0. The van der Waals surface area contributed by atoms with Gasteiger partial charge in [0.05, 0.1) is 11.0 Å². The number of nitrogens with two attached hydrogens (primary N) is 1. The highest BCUT2D eigenvalue weighted by molar-refractivity contribution is 5.84. The molecule has 0 aliphatic rings. The minimum atomic E-state index is -0.660. The molecule has 3 N–H and O–H groups in total. The quantitative estimate of drug-likeness (QED) is 0.262. The molecule has 86 valence electrons. The van der Waals surface area contributed by atoms with Gasteiger partial charge in [0.25, 0.3) is 5.69 Å². The van der Waals surface area contributed by atoms with Gasteiger partial charge in [-0.3, -0.25) is 10.1 Å². The molecule has 16 heavy (non-hydrogen) atoms. The molecule has 0 aliphatic carbocycles. The Balaban J connectivity index is 2.82. The van der Waals surface area contributed by atoms with E-state index in [1.165, 1.54) is 18.2 Å². The van der Waals surface area contributed by atoms with Crippen LogP contribution in [0, 0.1) is 10.1 Å². The van der Waals surface area contributed by atoms with Crippen LogP contribution in [0.15, 0.2) is 29.4 Å². The first-order valence-corrected chi connectivity index (χ1v) is 4.43. The summed E-state index contributed by atoms with van der Waals surface area (Å²) in [6.07, 6.45) is -0.660. The molecule has 0 amide bonds. The summed E-state index contributed by atoms with van der Waals surface area (Å²) in [5, 5.41) is 21.7. The van der Waals surface area contributed by atoms with Crippen molar-refractivity contribution < 1.29 is 14.9 Å². The molecule has 0 aromatic heterocycles. The Bertz CT molecular complexity index is 419. The summed E-state index contributed by atoms with van der Waals surface area (Å²) in [5.74, 6) is 0.180. The highest BCUT2D eigenvalue weighted by atomic mass is 16.6. The molecule has 0 heterocycles. The molecule has 0 radical (unpaired) electrons. The Hall–Kier alpha value is -2.31. The van der Waals surface area contributed by atoms with Crippen LogP contribution in [-0.2, 0) is 0 Å². The van der Waals surface area contributed by atoms with E-state index < -0.39 is 11.0 Å². The number of hydrogen-bond donors (Lipinski definition) is 2. The van der Waals surface area contributed by atoms with Crippen LogP contribution in [0.5, 0.6) is 5.75 Å². The molecule has 1 aromatic carbocycles. The Labute approximate surface area is 91.3 Å². The maximum Gasteiger partial charge on any atom is 0.273 e. The molecule has 7 nitrogen and oxygen atoms in total. The van der Waals surface area contributed by atoms with Gasteiger partial charge in [0.2, 0.25) is 0 Å². The van der Waals surface area contributed by atoms with Crippen molar-refractivity contribution in [3.8, 4) is 5.75 Å². The van der Waals surface area contributed by atoms with Gasteiger partial charge in [0.15, 0.2) is 11.9 Å². The summed E-state index contributed by atoms with van der Waals surface area (Å²) < 4.78 is 5.24. The summed E-state index contributed by atoms with van der Waals surface area (Å²) in [6.45, 7) is 1.56. The molecular weight excluding hydrogens is 214 g/mol. The Kier molecular flexibility index (Phi) is 3.65. The average molecular weight is 225 g/mol. The van der Waals surface area contributed by atoms with Crippen LogP contribution in [0.4, 0.5) is 5.69 Å². The number of ether oxygens (including phenoxy) is 1. The predicted octanol–water partition coefficient (Wildman–Crippen LogP) is 1.11. The van der Waals surface area contributed by atoms with E-state index in [0.717, 1.165) is 0 Å². The van der Waals surface area contributed by atoms with Gasteiger partial charge in [0.1, 0.15) is 5.75 Å². The van der Waals surface area contributed by atoms with Gasteiger partial charge in [0, 0.05) is 6.07 Å². The second-order valence-electron chi connectivity index (χ2n) is 3.04. The molecule has 0 aliphatic heterocycles. The predicted molar refractivity (Wildman–Crippen MR) is 56.6 cm³/mol. The fourth-order valence-electron chi connectivity index (χ4n) is 1.02. The van der Waals surface area contributed by atoms with E-state index in [0.29, 0.717) is 0 Å². The van der Waals surface area contributed by atoms with Gasteiger partial charge in [-0.15, -0.1) is 0 Å². The van der Waals surface area contributed by atoms with E-state index in [1.807, 2.05) is 0 Å². The van der Waals surface area contributed by atoms with Crippen LogP contribution in [0.25, 0.3) is 0 Å². The van der Waals surface area contributed by atoms with E-state index in [4.69, 9.17) is 15.7 Å². The maximum absolute atomic E-state index is 10.5. The number of rotatable bonds is 4. The summed E-state index contributed by atoms with van der Waals surface area (Å²) in [6, 6.07) is 5.66. The van der Waals surface area contributed by atoms with E-state index in [9.17, 15) is 10.1 Å². The van der Waals surface area contributed by atoms with Gasteiger partial charge in [-0.05, 0) is 13.0 Å². The fourth-order valence-corrected chi connectivity index (χ4v) is 1.02. The normalized spacial score (nSPS) is 13.2. The third-order valence-electron chi connectivity index (χ3n) is 1.87. The number of benzene rings is 1. The smallest absolute Gasteiger partial charge is 0.273 e. The topological polar surface area (TPSA) is 111 Å². The average Bonchev–Trinajstić information content (AvgIpc) is 2.28. The van der Waals surface area contributed by atoms with Crippen molar-refractivity contribution >= 4 is 11.5 Å². The first-order valence-electron chi connectivity index (χ1n) is 4.43. The van der Waals surface area contributed by atoms with Crippen molar-refractivity contribution in [2.45, 2.75) is 13.0 Å². The van der Waals surface area contributed by atoms with E-state index in [1.54, 1.807) is 13.0 Å². The number of nitro groups is 1. The Morgan fingerprint density at radius 3 is 2.94 bits per heavy atom. The van der Waals surface area contributed by atoms with Crippen molar-refractivity contribution in [1.82, 2.24) is 0 Å². The second-order valence-corrected chi connectivity index (χ2v) is 3.04. The van der Waals surface area contributed by atoms with Crippen LogP contribution >= 0.6 is 0 Å². The molecular formula is C9H11N3O4. The van der Waals surface area contributed by atoms with Crippen LogP contribution in [0.3, 0.4) is 0 Å². The number of non-ortho nitro benzene ring substituents is 1. The first kappa shape index (κ1) is 11.8. The van der Waals surface area contributed by atoms with Gasteiger partial charge in [-0.1, -0.05) is 11.2 Å². The maximum atomic E-state index is 10.5. The molecule has 1 rings (SSSR count). The lowest BCUT2D eigenvalue weighted by Crippen LogP contribution is -2.31. The van der Waals surface area contributed by atoms with Crippen LogP contribution in [0.2, 0.25) is 0 Å². The lowest BCUT2D eigenvalue weighted by atomic mass is 10.3. The van der Waals surface area contributed by atoms with E-state index >= 15 is 0 Å². The zero-order chi connectivity index (χ0) is 12.1. The Morgan fingerprint density at radius 2 is 2.38 bits per heavy atom. The second kappa shape index (κ2) is 4.96. The van der Waals surface area contributed by atoms with E-state index in [2.05, 4.69) is 5.16 Å². The van der Waals surface area contributed by atoms with Crippen molar-refractivity contribution in [3.05, 3.63) is 34.4 Å². The first-order chi connectivity index (χ1) is 7.54. The lowest BCUT2D eigenvalue weighted by Gasteiger charge is -2.12. The molecule has 0 spiro atoms. The van der Waals surface area contributed by atoms with Gasteiger partial charge in [-0.2, -0.15) is 0 Å². The van der Waals surface area contributed by atoms with Crippen molar-refractivity contribution in [2.75, 3.05) is 0 Å². The largest absolute Gasteiger partial charge is 0.482 e. The SMILES string of the molecule is CC(Oc1cccc([N+](=O)[O-])c1)C(N)=NO. The minimum Gasteiger partial charge on any atom is -0.482 e. The number of nitro benzene ring substituents is 1. The number of hydrogen-bond acceptors (Lipinski definition) is 5. The monoisotopic (exact) mass is 225 g/mol. The zero-order valence-electron chi connectivity index (χ0n) is 8.53. The van der Waals surface area contributed by atoms with Crippen molar-refractivity contribution in [3.63, 3.8) is 0 Å². The number of oxime groups is 1. The van der Waals surface area contributed by atoms with Crippen LogP contribution < -0.4 is 10.5 Å². The number of nitrogens with zero attached hydrogens (tertiary/aromatic N) is 2. The van der Waals surface area contributed by atoms with E-state index in [-0.39, 0.29) is 17.3 Å². The zero-order valence-corrected chi connectivity index (χ0v) is 8.53. The van der Waals surface area contributed by atoms with Gasteiger partial charge < -0.3 is 15.7 Å². The highest BCUT2D eigenvalue weighted by Gasteiger charge is 2.12. The van der Waals surface area contributed by atoms with Gasteiger partial charge >= 0.3 is 0 Å². The highest BCUT2D eigenvalue weighted by Crippen LogP contribution is 2.20. The molecule has 0 bridgehead atoms. The van der Waals surface area contributed by atoms with Gasteiger partial charge in [-0.25, -0.2) is 0 Å². The number of amidine groups is 1. The molecule has 1 aromatic rings. The fraction of sp³-hybridized carbons (Fsp3) is 0.222. The molecule has 0 fully saturated rings. The van der Waals surface area contributed by atoms with Crippen LogP contribution in [-0.4, -0.2) is 22.1 Å². The summed E-state index contributed by atoms with van der Waals surface area (Å²) in [7, 11) is 0. The van der Waals surface area contributed by atoms with Crippen molar-refractivity contribution in [1.29, 1.82) is 0 Å². The molecule has 1 atom stereocenters. The summed E-state index contributed by atoms with van der Waals surface area (Å²) in [5.41, 5.74) is 5.22. The minimum absolute atomic E-state index is 0.0794. The summed E-state index contributed by atoms with van der Waals surface area (Å²) in [4.78, 5) is 9.96. The molecule has 0 saturated carbocycles. The molecule has 0 saturated heterocycles. The molecule has 7 heteroatoms. The third-order valence-corrected chi connectivity index (χ3v) is 1.87. The third kappa shape index (κ3) is 2.84.